The number of carbonyl (C=O) groups is 1. The zero-order valence-electron chi connectivity index (χ0n) is 9.76. The number of nitrogens with one attached hydrogen (secondary N) is 2. The number of nitrogens with zero attached hydrogens (tertiary/aromatic N) is 1. The monoisotopic (exact) mass is 201 g/mol. The summed E-state index contributed by atoms with van der Waals surface area (Å²) in [6.07, 6.45) is 0.851. The summed E-state index contributed by atoms with van der Waals surface area (Å²) in [7, 11) is 1.67. The molecule has 84 valence electrons. The first kappa shape index (κ1) is 13.4. The highest BCUT2D eigenvalue weighted by Crippen LogP contribution is 1.96. The molecule has 0 aromatic rings. The van der Waals surface area contributed by atoms with Crippen LogP contribution in [0.5, 0.6) is 0 Å². The maximum absolute atomic E-state index is 11.6. The summed E-state index contributed by atoms with van der Waals surface area (Å²) in [5.41, 5.74) is 0. The molecule has 0 saturated carbocycles. The quantitative estimate of drug-likeness (QED) is 0.586. The Hall–Kier alpha value is -0.610. The topological polar surface area (TPSA) is 44.4 Å². The van der Waals surface area contributed by atoms with Gasteiger partial charge < -0.3 is 5.32 Å². The molecule has 2 N–H and O–H groups in total. The van der Waals surface area contributed by atoms with Crippen LogP contribution in [0.4, 0.5) is 0 Å². The second kappa shape index (κ2) is 7.76. The van der Waals surface area contributed by atoms with Gasteiger partial charge in [0.1, 0.15) is 6.17 Å². The Kier molecular flexibility index (Phi) is 7.42. The van der Waals surface area contributed by atoms with Crippen molar-refractivity contribution >= 4 is 5.91 Å². The molecule has 0 heterocycles. The number of amides is 1. The smallest absolute Gasteiger partial charge is 0.251 e. The van der Waals surface area contributed by atoms with E-state index in [9.17, 15) is 4.79 Å². The molecule has 4 heteroatoms. The summed E-state index contributed by atoms with van der Waals surface area (Å²) >= 11 is 0. The first-order valence-electron chi connectivity index (χ1n) is 5.40. The van der Waals surface area contributed by atoms with Crippen LogP contribution in [0.25, 0.3) is 0 Å². The van der Waals surface area contributed by atoms with Crippen LogP contribution in [0.1, 0.15) is 27.2 Å². The molecule has 0 aliphatic carbocycles. The van der Waals surface area contributed by atoms with Crippen molar-refractivity contribution < 1.29 is 4.79 Å². The zero-order chi connectivity index (χ0) is 11.0. The largest absolute Gasteiger partial charge is 0.357 e. The minimum absolute atomic E-state index is 0.0437. The Morgan fingerprint density at radius 3 is 2.21 bits per heavy atom. The average molecular weight is 201 g/mol. The molecule has 0 aromatic carbocycles. The summed E-state index contributed by atoms with van der Waals surface area (Å²) in [5, 5.41) is 5.92. The van der Waals surface area contributed by atoms with E-state index in [-0.39, 0.29) is 12.1 Å². The summed E-state index contributed by atoms with van der Waals surface area (Å²) in [6.45, 7) is 8.85. The van der Waals surface area contributed by atoms with Crippen molar-refractivity contribution in [3.8, 4) is 0 Å². The zero-order valence-corrected chi connectivity index (χ0v) is 9.76. The third-order valence-electron chi connectivity index (χ3n) is 2.26. The van der Waals surface area contributed by atoms with Crippen molar-refractivity contribution in [2.75, 3.05) is 26.7 Å². The fraction of sp³-hybridized carbons (Fsp3) is 0.900. The Labute approximate surface area is 87.0 Å². The van der Waals surface area contributed by atoms with Crippen molar-refractivity contribution in [3.63, 3.8) is 0 Å². The molecule has 0 spiro atoms. The Balaban J connectivity index is 4.27. The predicted molar refractivity (Wildman–Crippen MR) is 59.1 cm³/mol. The maximum atomic E-state index is 11.6. The van der Waals surface area contributed by atoms with Gasteiger partial charge in [-0.15, -0.1) is 0 Å². The highest BCUT2D eigenvalue weighted by atomic mass is 16.2. The van der Waals surface area contributed by atoms with E-state index in [1.165, 1.54) is 0 Å². The summed E-state index contributed by atoms with van der Waals surface area (Å²) < 4.78 is 0. The van der Waals surface area contributed by atoms with Gasteiger partial charge in [0, 0.05) is 7.05 Å². The second-order valence-corrected chi connectivity index (χ2v) is 3.19. The molecule has 1 atom stereocenters. The van der Waals surface area contributed by atoms with Crippen molar-refractivity contribution in [1.82, 2.24) is 15.5 Å². The lowest BCUT2D eigenvalue weighted by atomic mass is 10.3. The van der Waals surface area contributed by atoms with E-state index in [1.807, 2.05) is 0 Å². The standard InChI is InChI=1S/C10H23N3O/c1-5-8-12-9(10(14)11-4)13(6-2)7-3/h9,12H,5-8H2,1-4H3,(H,11,14). The second-order valence-electron chi connectivity index (χ2n) is 3.19. The first-order chi connectivity index (χ1) is 6.71. The maximum Gasteiger partial charge on any atom is 0.251 e. The van der Waals surface area contributed by atoms with Crippen molar-refractivity contribution in [2.45, 2.75) is 33.4 Å². The van der Waals surface area contributed by atoms with Crippen LogP contribution in [0.15, 0.2) is 0 Å². The van der Waals surface area contributed by atoms with E-state index in [0.29, 0.717) is 0 Å². The SMILES string of the molecule is CCCNC(C(=O)NC)N(CC)CC. The number of hydrogen-bond acceptors (Lipinski definition) is 3. The van der Waals surface area contributed by atoms with Gasteiger partial charge in [-0.25, -0.2) is 0 Å². The van der Waals surface area contributed by atoms with E-state index in [0.717, 1.165) is 26.1 Å². The van der Waals surface area contributed by atoms with Crippen molar-refractivity contribution in [2.24, 2.45) is 0 Å². The molecule has 0 aliphatic rings. The molecule has 1 amide bonds. The molecule has 0 aromatic heterocycles. The fourth-order valence-corrected chi connectivity index (χ4v) is 1.39. The normalized spacial score (nSPS) is 12.9. The van der Waals surface area contributed by atoms with Crippen molar-refractivity contribution in [1.29, 1.82) is 0 Å². The Morgan fingerprint density at radius 2 is 1.86 bits per heavy atom. The molecule has 0 rings (SSSR count). The van der Waals surface area contributed by atoms with Gasteiger partial charge in [-0.2, -0.15) is 0 Å². The summed E-state index contributed by atoms with van der Waals surface area (Å²) in [5.74, 6) is 0.0437. The van der Waals surface area contributed by atoms with Gasteiger partial charge in [-0.3, -0.25) is 15.0 Å². The van der Waals surface area contributed by atoms with Crippen LogP contribution in [0.3, 0.4) is 0 Å². The van der Waals surface area contributed by atoms with Gasteiger partial charge in [-0.1, -0.05) is 20.8 Å². The first-order valence-corrected chi connectivity index (χ1v) is 5.40. The number of carbonyl (C=O) groups excluding carboxylic acids is 1. The van der Waals surface area contributed by atoms with E-state index in [1.54, 1.807) is 7.05 Å². The van der Waals surface area contributed by atoms with Gasteiger partial charge in [0.2, 0.25) is 0 Å². The van der Waals surface area contributed by atoms with Gasteiger partial charge >= 0.3 is 0 Å². The summed E-state index contributed by atoms with van der Waals surface area (Å²) in [6, 6.07) is 0. The van der Waals surface area contributed by atoms with Gasteiger partial charge in [-0.05, 0) is 26.1 Å². The molecule has 1 unspecified atom stereocenters. The van der Waals surface area contributed by atoms with Crippen LogP contribution < -0.4 is 10.6 Å². The van der Waals surface area contributed by atoms with Crippen LogP contribution >= 0.6 is 0 Å². The third-order valence-corrected chi connectivity index (χ3v) is 2.26. The fourth-order valence-electron chi connectivity index (χ4n) is 1.39. The van der Waals surface area contributed by atoms with E-state index < -0.39 is 0 Å². The van der Waals surface area contributed by atoms with E-state index >= 15 is 0 Å². The lowest BCUT2D eigenvalue weighted by molar-refractivity contribution is -0.127. The van der Waals surface area contributed by atoms with Crippen molar-refractivity contribution in [3.05, 3.63) is 0 Å². The molecule has 4 nitrogen and oxygen atoms in total. The minimum atomic E-state index is -0.185. The lowest BCUT2D eigenvalue weighted by Gasteiger charge is -2.28. The van der Waals surface area contributed by atoms with Crippen LogP contribution in [0, 0.1) is 0 Å². The molecular weight excluding hydrogens is 178 g/mol. The van der Waals surface area contributed by atoms with Gasteiger partial charge in [0.15, 0.2) is 0 Å². The molecule has 0 aliphatic heterocycles. The molecule has 0 saturated heterocycles. The Bertz CT molecular complexity index is 157. The van der Waals surface area contributed by atoms with Gasteiger partial charge in [0.05, 0.1) is 0 Å². The molecule has 14 heavy (non-hydrogen) atoms. The Morgan fingerprint density at radius 1 is 1.29 bits per heavy atom. The minimum Gasteiger partial charge on any atom is -0.357 e. The lowest BCUT2D eigenvalue weighted by Crippen LogP contribution is -2.54. The predicted octanol–water partition coefficient (Wildman–Crippen LogP) is 0.400. The molecule has 0 fully saturated rings. The average Bonchev–Trinajstić information content (AvgIpc) is 2.23. The number of hydrogen-bond donors (Lipinski definition) is 2. The van der Waals surface area contributed by atoms with E-state index in [2.05, 4.69) is 36.3 Å². The number of rotatable bonds is 7. The van der Waals surface area contributed by atoms with Crippen LogP contribution in [-0.2, 0) is 4.79 Å². The number of likely N-dealkylation sites (N-methyl/N-ethyl adjacent to an activating group) is 2. The third kappa shape index (κ3) is 4.07. The molecule has 0 bridgehead atoms. The highest BCUT2D eigenvalue weighted by molar-refractivity contribution is 5.80. The molecular formula is C10H23N3O. The van der Waals surface area contributed by atoms with Crippen LogP contribution in [0.2, 0.25) is 0 Å². The van der Waals surface area contributed by atoms with E-state index in [4.69, 9.17) is 0 Å². The van der Waals surface area contributed by atoms with Crippen LogP contribution in [-0.4, -0.2) is 43.7 Å². The molecule has 0 radical (unpaired) electrons. The van der Waals surface area contributed by atoms with Gasteiger partial charge in [0.25, 0.3) is 5.91 Å². The summed E-state index contributed by atoms with van der Waals surface area (Å²) in [4.78, 5) is 13.7. The highest BCUT2D eigenvalue weighted by Gasteiger charge is 2.21.